The number of carboxylic acids is 1. The van der Waals surface area contributed by atoms with E-state index >= 15 is 0 Å². The van der Waals surface area contributed by atoms with Gasteiger partial charge in [-0.05, 0) is 71.5 Å². The number of hydrogen-bond acceptors (Lipinski definition) is 3. The molecule has 1 N–H and O–H groups in total. The third-order valence-corrected chi connectivity index (χ3v) is 8.16. The van der Waals surface area contributed by atoms with Crippen molar-refractivity contribution in [3.05, 3.63) is 100 Å². The van der Waals surface area contributed by atoms with Gasteiger partial charge in [-0.1, -0.05) is 45.0 Å². The summed E-state index contributed by atoms with van der Waals surface area (Å²) in [5.74, 6) is -1.14. The normalized spacial score (nSPS) is 12.7. The predicted molar refractivity (Wildman–Crippen MR) is 136 cm³/mol. The lowest BCUT2D eigenvalue weighted by molar-refractivity contribution is -0.137. The topological polar surface area (TPSA) is 76.4 Å². The number of fused-ring (bicyclic) bond motifs is 1. The van der Waals surface area contributed by atoms with Gasteiger partial charge < -0.3 is 5.11 Å². The molecule has 1 heterocycles. The number of hydrogen-bond donors (Lipinski definition) is 1. The van der Waals surface area contributed by atoms with Crippen LogP contribution >= 0.6 is 0 Å². The zero-order valence-electron chi connectivity index (χ0n) is 20.7. The molecule has 0 bridgehead atoms. The Morgan fingerprint density at radius 3 is 2.22 bits per heavy atom. The first-order chi connectivity index (χ1) is 17.1. The first-order valence-electron chi connectivity index (χ1n) is 11.5. The lowest BCUT2D eigenvalue weighted by Gasteiger charge is -2.20. The van der Waals surface area contributed by atoms with Crippen molar-refractivity contribution in [1.82, 2.24) is 3.97 Å². The molecule has 3 aromatic carbocycles. The summed E-state index contributed by atoms with van der Waals surface area (Å²) in [6.07, 6.45) is -4.60. The molecule has 0 spiro atoms. The van der Waals surface area contributed by atoms with Gasteiger partial charge in [0.1, 0.15) is 0 Å². The average Bonchev–Trinajstić information content (AvgIpc) is 3.09. The summed E-state index contributed by atoms with van der Waals surface area (Å²) in [5, 5.41) is 9.53. The number of carboxylic acid groups (broad SMARTS) is 1. The summed E-state index contributed by atoms with van der Waals surface area (Å²) in [4.78, 5) is 11.5. The number of nitrogens with zero attached hydrogens (tertiary/aromatic N) is 1. The molecule has 37 heavy (non-hydrogen) atoms. The van der Waals surface area contributed by atoms with Crippen molar-refractivity contribution in [3.63, 3.8) is 0 Å². The van der Waals surface area contributed by atoms with Gasteiger partial charge in [-0.2, -0.15) is 13.2 Å². The second-order valence-corrected chi connectivity index (χ2v) is 11.8. The largest absolute Gasteiger partial charge is 0.478 e. The summed E-state index contributed by atoms with van der Waals surface area (Å²) < 4.78 is 69.7. The standard InChI is InChI=1S/C28H26F3NO4S/c1-17-23-16-21(28(29,30)31)11-12-24(23)32(25(17)14-18-7-5-8-19(13-18)26(33)34)37(35,36)22-10-6-9-20(15-22)27(2,3)4/h5-13,15-16H,14H2,1-4H3,(H,33,34). The lowest BCUT2D eigenvalue weighted by Crippen LogP contribution is -2.18. The molecule has 0 saturated carbocycles. The van der Waals surface area contributed by atoms with Crippen LogP contribution in [0.5, 0.6) is 0 Å². The monoisotopic (exact) mass is 529 g/mol. The summed E-state index contributed by atoms with van der Waals surface area (Å²) in [5.41, 5.74) is 0.872. The second kappa shape index (κ2) is 9.06. The summed E-state index contributed by atoms with van der Waals surface area (Å²) in [6.45, 7) is 7.44. The van der Waals surface area contributed by atoms with E-state index in [1.165, 1.54) is 24.3 Å². The van der Waals surface area contributed by atoms with Crippen LogP contribution in [0.3, 0.4) is 0 Å². The number of rotatable bonds is 5. The van der Waals surface area contributed by atoms with Crippen molar-refractivity contribution >= 4 is 26.9 Å². The molecular formula is C28H26F3NO4S. The number of alkyl halides is 3. The average molecular weight is 530 g/mol. The summed E-state index contributed by atoms with van der Waals surface area (Å²) in [6, 6.07) is 15.6. The lowest BCUT2D eigenvalue weighted by atomic mass is 9.87. The van der Waals surface area contributed by atoms with Gasteiger partial charge in [0.2, 0.25) is 0 Å². The number of aryl methyl sites for hydroxylation is 1. The highest BCUT2D eigenvalue weighted by atomic mass is 32.2. The Morgan fingerprint density at radius 2 is 1.59 bits per heavy atom. The van der Waals surface area contributed by atoms with Crippen LogP contribution in [-0.4, -0.2) is 23.5 Å². The molecule has 0 aliphatic heterocycles. The molecule has 0 aliphatic rings. The van der Waals surface area contributed by atoms with Gasteiger partial charge in [-0.3, -0.25) is 0 Å². The number of halogens is 3. The fourth-order valence-electron chi connectivity index (χ4n) is 4.36. The molecular weight excluding hydrogens is 503 g/mol. The molecule has 4 aromatic rings. The van der Waals surface area contributed by atoms with Crippen LogP contribution in [0.2, 0.25) is 0 Å². The van der Waals surface area contributed by atoms with Gasteiger partial charge in [0, 0.05) is 17.5 Å². The molecule has 0 fully saturated rings. The van der Waals surface area contributed by atoms with E-state index in [0.717, 1.165) is 21.7 Å². The van der Waals surface area contributed by atoms with Crippen LogP contribution in [0.25, 0.3) is 10.9 Å². The molecule has 9 heteroatoms. The Kier molecular flexibility index (Phi) is 6.48. The van der Waals surface area contributed by atoms with Gasteiger partial charge in [0.05, 0.1) is 21.5 Å². The molecule has 0 atom stereocenters. The van der Waals surface area contributed by atoms with E-state index in [1.807, 2.05) is 26.8 Å². The maximum Gasteiger partial charge on any atom is 0.416 e. The molecule has 0 radical (unpaired) electrons. The highest BCUT2D eigenvalue weighted by Crippen LogP contribution is 2.37. The van der Waals surface area contributed by atoms with E-state index in [4.69, 9.17) is 0 Å². The highest BCUT2D eigenvalue weighted by molar-refractivity contribution is 7.90. The van der Waals surface area contributed by atoms with Gasteiger partial charge in [-0.15, -0.1) is 0 Å². The van der Waals surface area contributed by atoms with Gasteiger partial charge >= 0.3 is 12.1 Å². The van der Waals surface area contributed by atoms with Crippen LogP contribution in [-0.2, 0) is 28.0 Å². The molecule has 1 aromatic heterocycles. The quantitative estimate of drug-likeness (QED) is 0.309. The Balaban J connectivity index is 2.00. The molecule has 0 unspecified atom stereocenters. The fourth-order valence-corrected chi connectivity index (χ4v) is 6.01. The van der Waals surface area contributed by atoms with E-state index in [0.29, 0.717) is 11.1 Å². The maximum atomic E-state index is 14.1. The van der Waals surface area contributed by atoms with E-state index in [1.54, 1.807) is 31.2 Å². The van der Waals surface area contributed by atoms with Crippen molar-refractivity contribution in [3.8, 4) is 0 Å². The maximum absolute atomic E-state index is 14.1. The Morgan fingerprint density at radius 1 is 0.919 bits per heavy atom. The third kappa shape index (κ3) is 5.00. The minimum Gasteiger partial charge on any atom is -0.478 e. The fraction of sp³-hybridized carbons (Fsp3) is 0.250. The van der Waals surface area contributed by atoms with Crippen molar-refractivity contribution in [2.24, 2.45) is 0 Å². The third-order valence-electron chi connectivity index (χ3n) is 6.41. The minimum absolute atomic E-state index is 0.00117. The Bertz CT molecular complexity index is 1630. The number of benzene rings is 3. The summed E-state index contributed by atoms with van der Waals surface area (Å²) >= 11 is 0. The van der Waals surface area contributed by atoms with Crippen molar-refractivity contribution in [2.45, 2.75) is 50.6 Å². The molecule has 0 saturated heterocycles. The number of aromatic nitrogens is 1. The van der Waals surface area contributed by atoms with Crippen LogP contribution in [0.4, 0.5) is 13.2 Å². The Labute approximate surface area is 213 Å². The van der Waals surface area contributed by atoms with Crippen LogP contribution < -0.4 is 0 Å². The molecule has 5 nitrogen and oxygen atoms in total. The Hall–Kier alpha value is -3.59. The first-order valence-corrected chi connectivity index (χ1v) is 12.9. The molecule has 0 amide bonds. The van der Waals surface area contributed by atoms with Gasteiger partial charge in [-0.25, -0.2) is 17.2 Å². The predicted octanol–water partition coefficient (Wildman–Crippen LogP) is 6.79. The number of aromatic carboxylic acids is 1. The van der Waals surface area contributed by atoms with Crippen LogP contribution in [0, 0.1) is 6.92 Å². The van der Waals surface area contributed by atoms with Gasteiger partial charge in [0.15, 0.2) is 0 Å². The van der Waals surface area contributed by atoms with Crippen LogP contribution in [0.15, 0.2) is 71.6 Å². The van der Waals surface area contributed by atoms with Crippen molar-refractivity contribution < 1.29 is 31.5 Å². The summed E-state index contributed by atoms with van der Waals surface area (Å²) in [7, 11) is -4.23. The zero-order chi connectivity index (χ0) is 27.3. The number of carbonyl (C=O) groups is 1. The smallest absolute Gasteiger partial charge is 0.416 e. The van der Waals surface area contributed by atoms with Crippen molar-refractivity contribution in [1.29, 1.82) is 0 Å². The van der Waals surface area contributed by atoms with E-state index in [2.05, 4.69) is 0 Å². The zero-order valence-corrected chi connectivity index (χ0v) is 21.5. The molecule has 194 valence electrons. The SMILES string of the molecule is Cc1c(Cc2cccc(C(=O)O)c2)n(S(=O)(=O)c2cccc(C(C)(C)C)c2)c2ccc(C(F)(F)F)cc12. The minimum atomic E-state index is -4.60. The van der Waals surface area contributed by atoms with Crippen molar-refractivity contribution in [2.75, 3.05) is 0 Å². The molecule has 0 aliphatic carbocycles. The van der Waals surface area contributed by atoms with E-state index < -0.39 is 27.7 Å². The van der Waals surface area contributed by atoms with Crippen LogP contribution in [0.1, 0.15) is 59.1 Å². The first kappa shape index (κ1) is 26.5. The molecule has 4 rings (SSSR count). The second-order valence-electron chi connectivity index (χ2n) is 10.0. The van der Waals surface area contributed by atoms with Gasteiger partial charge in [0.25, 0.3) is 10.0 Å². The van der Waals surface area contributed by atoms with E-state index in [9.17, 15) is 31.5 Å². The van der Waals surface area contributed by atoms with E-state index in [-0.39, 0.29) is 38.9 Å². The highest BCUT2D eigenvalue weighted by Gasteiger charge is 2.33.